The van der Waals surface area contributed by atoms with Gasteiger partial charge in [-0.3, -0.25) is 14.7 Å². The number of benzene rings is 2. The van der Waals surface area contributed by atoms with Gasteiger partial charge in [-0.1, -0.05) is 18.7 Å². The van der Waals surface area contributed by atoms with E-state index < -0.39 is 11.7 Å². The van der Waals surface area contributed by atoms with Crippen molar-refractivity contribution in [3.8, 4) is 22.8 Å². The molecule has 2 amide bonds. The molecule has 0 saturated carbocycles. The third kappa shape index (κ3) is 4.24. The molecular weight excluding hydrogens is 461 g/mol. The number of hydrogen-bond acceptors (Lipinski definition) is 4. The molecule has 8 nitrogen and oxygen atoms in total. The highest BCUT2D eigenvalue weighted by molar-refractivity contribution is 5.98. The van der Waals surface area contributed by atoms with Gasteiger partial charge in [0, 0.05) is 36.0 Å². The molecule has 0 spiro atoms. The summed E-state index contributed by atoms with van der Waals surface area (Å²) in [4.78, 5) is 31.3. The van der Waals surface area contributed by atoms with Crippen LogP contribution in [0.15, 0.2) is 66.9 Å². The van der Waals surface area contributed by atoms with Crippen LogP contribution in [0.5, 0.6) is 11.5 Å². The smallest absolute Gasteiger partial charge is 0.269 e. The summed E-state index contributed by atoms with van der Waals surface area (Å²) in [5.74, 6) is -0.331. The molecule has 184 valence electrons. The van der Waals surface area contributed by atoms with Gasteiger partial charge >= 0.3 is 0 Å². The second-order valence-electron chi connectivity index (χ2n) is 8.96. The minimum Gasteiger partial charge on any atom is -0.454 e. The summed E-state index contributed by atoms with van der Waals surface area (Å²) in [6, 6.07) is 13.1. The summed E-state index contributed by atoms with van der Waals surface area (Å²) in [6.45, 7) is 6.74. The lowest BCUT2D eigenvalue weighted by Gasteiger charge is -2.31. The van der Waals surface area contributed by atoms with E-state index in [-0.39, 0.29) is 23.3 Å². The molecule has 36 heavy (non-hydrogen) atoms. The zero-order chi connectivity index (χ0) is 25.4. The van der Waals surface area contributed by atoms with Crippen LogP contribution in [0.2, 0.25) is 0 Å². The summed E-state index contributed by atoms with van der Waals surface area (Å²) in [5, 5.41) is 3.12. The number of rotatable bonds is 6. The third-order valence-corrected chi connectivity index (χ3v) is 6.50. The van der Waals surface area contributed by atoms with E-state index in [9.17, 15) is 14.0 Å². The number of aromatic amines is 1. The Morgan fingerprint density at radius 1 is 1.14 bits per heavy atom. The molecule has 0 aliphatic carbocycles. The molecule has 3 heterocycles. The van der Waals surface area contributed by atoms with Crippen LogP contribution >= 0.6 is 0 Å². The monoisotopic (exact) mass is 487 g/mol. The van der Waals surface area contributed by atoms with Crippen LogP contribution in [0.25, 0.3) is 16.9 Å². The number of likely N-dealkylation sites (tertiary alicyclic amines) is 1. The Hall–Kier alpha value is -4.40. The number of para-hydroxylation sites is 1. The quantitative estimate of drug-likeness (QED) is 0.387. The van der Waals surface area contributed by atoms with E-state index in [1.807, 2.05) is 11.1 Å². The first-order valence-electron chi connectivity index (χ1n) is 11.7. The Morgan fingerprint density at radius 3 is 2.47 bits per heavy atom. The average Bonchev–Trinajstić information content (AvgIpc) is 3.45. The molecule has 0 radical (unpaired) electrons. The van der Waals surface area contributed by atoms with Crippen LogP contribution in [0.3, 0.4) is 0 Å². The molecule has 1 saturated heterocycles. The molecule has 0 unspecified atom stereocenters. The van der Waals surface area contributed by atoms with Gasteiger partial charge in [0.05, 0.1) is 0 Å². The number of aromatic nitrogens is 3. The van der Waals surface area contributed by atoms with Crippen LogP contribution in [0.1, 0.15) is 41.7 Å². The number of primary amides is 1. The number of piperidine rings is 1. The van der Waals surface area contributed by atoms with E-state index in [0.29, 0.717) is 41.3 Å². The lowest BCUT2D eigenvalue weighted by atomic mass is 9.91. The van der Waals surface area contributed by atoms with Gasteiger partial charge in [0.2, 0.25) is 5.91 Å². The van der Waals surface area contributed by atoms with Gasteiger partial charge in [0.1, 0.15) is 11.4 Å². The van der Waals surface area contributed by atoms with Gasteiger partial charge in [-0.05, 0) is 62.1 Å². The van der Waals surface area contributed by atoms with Gasteiger partial charge in [-0.25, -0.2) is 13.9 Å². The highest BCUT2D eigenvalue weighted by Gasteiger charge is 2.29. The molecule has 1 aliphatic rings. The molecule has 0 atom stereocenters. The van der Waals surface area contributed by atoms with Crippen molar-refractivity contribution < 1.29 is 18.7 Å². The third-order valence-electron chi connectivity index (χ3n) is 6.50. The molecule has 5 rings (SSSR count). The number of nitrogens with one attached hydrogen (secondary N) is 1. The van der Waals surface area contributed by atoms with Gasteiger partial charge in [0.15, 0.2) is 22.9 Å². The molecule has 1 fully saturated rings. The van der Waals surface area contributed by atoms with Crippen LogP contribution in [0, 0.1) is 5.82 Å². The van der Waals surface area contributed by atoms with Crippen LogP contribution in [-0.4, -0.2) is 44.4 Å². The minimum atomic E-state index is -0.612. The Morgan fingerprint density at radius 2 is 1.83 bits per heavy atom. The summed E-state index contributed by atoms with van der Waals surface area (Å²) in [5.41, 5.74) is 9.25. The Kier molecular flexibility index (Phi) is 6.05. The first-order valence-corrected chi connectivity index (χ1v) is 11.7. The molecule has 2 aromatic carbocycles. The second-order valence-corrected chi connectivity index (χ2v) is 8.96. The first-order chi connectivity index (χ1) is 17.3. The maximum atomic E-state index is 13.9. The lowest BCUT2D eigenvalue weighted by Crippen LogP contribution is -2.38. The minimum absolute atomic E-state index is 0.0193. The molecule has 2 aromatic heterocycles. The summed E-state index contributed by atoms with van der Waals surface area (Å²) in [7, 11) is 0. The highest BCUT2D eigenvalue weighted by atomic mass is 19.1. The fourth-order valence-electron chi connectivity index (χ4n) is 4.67. The Balaban J connectivity index is 1.42. The molecular formula is C27H26FN5O3. The van der Waals surface area contributed by atoms with Crippen molar-refractivity contribution in [3.05, 3.63) is 84.0 Å². The molecule has 0 bridgehead atoms. The van der Waals surface area contributed by atoms with Crippen LogP contribution in [0.4, 0.5) is 4.39 Å². The van der Waals surface area contributed by atoms with Gasteiger partial charge in [0.25, 0.3) is 5.91 Å². The lowest BCUT2D eigenvalue weighted by molar-refractivity contribution is -0.128. The van der Waals surface area contributed by atoms with E-state index in [1.54, 1.807) is 53.9 Å². The number of fused-ring (bicyclic) bond motifs is 1. The summed E-state index contributed by atoms with van der Waals surface area (Å²) in [6.07, 6.45) is 3.41. The van der Waals surface area contributed by atoms with Crippen molar-refractivity contribution in [3.63, 3.8) is 0 Å². The van der Waals surface area contributed by atoms with E-state index >= 15 is 0 Å². The van der Waals surface area contributed by atoms with Crippen molar-refractivity contribution in [1.29, 1.82) is 0 Å². The highest BCUT2D eigenvalue weighted by Crippen LogP contribution is 2.34. The van der Waals surface area contributed by atoms with Crippen LogP contribution < -0.4 is 10.5 Å². The number of nitrogens with zero attached hydrogens (tertiary/aromatic N) is 3. The summed E-state index contributed by atoms with van der Waals surface area (Å²) < 4.78 is 21.2. The van der Waals surface area contributed by atoms with E-state index in [0.717, 1.165) is 18.4 Å². The maximum Gasteiger partial charge on any atom is 0.269 e. The van der Waals surface area contributed by atoms with Crippen molar-refractivity contribution in [2.45, 2.75) is 25.7 Å². The summed E-state index contributed by atoms with van der Waals surface area (Å²) >= 11 is 0. The fourth-order valence-corrected chi connectivity index (χ4v) is 4.67. The van der Waals surface area contributed by atoms with Gasteiger partial charge in [-0.15, -0.1) is 0 Å². The van der Waals surface area contributed by atoms with Gasteiger partial charge in [-0.2, -0.15) is 0 Å². The predicted octanol–water partition coefficient (Wildman–Crippen LogP) is 4.64. The van der Waals surface area contributed by atoms with Gasteiger partial charge < -0.3 is 15.4 Å². The fraction of sp³-hybridized carbons (Fsp3) is 0.222. The predicted molar refractivity (Wildman–Crippen MR) is 133 cm³/mol. The number of carbonyl (C=O) groups is 2. The number of ether oxygens (including phenoxy) is 1. The Labute approximate surface area is 207 Å². The SMILES string of the molecule is C=C(C)C(=O)N1CCC(c2c[nH]n3c(C(N)=O)c(-c4ccc(Oc5ccccc5F)cc4)nc23)CC1. The number of amides is 2. The molecule has 3 N–H and O–H groups in total. The van der Waals surface area contributed by atoms with Crippen molar-refractivity contribution in [2.75, 3.05) is 13.1 Å². The molecule has 1 aliphatic heterocycles. The topological polar surface area (TPSA) is 106 Å². The first kappa shape index (κ1) is 23.3. The zero-order valence-electron chi connectivity index (χ0n) is 19.8. The number of H-pyrrole nitrogens is 1. The standard InChI is InChI=1S/C27H26FN5O3/c1-16(2)27(35)32-13-11-17(12-14-32)20-15-30-33-24(25(29)34)23(31-26(20)33)18-7-9-19(10-8-18)36-22-6-4-3-5-21(22)28/h3-10,15,17,30H,1,11-14H2,2H3,(H2,29,34). The van der Waals surface area contributed by atoms with Crippen molar-refractivity contribution >= 4 is 17.5 Å². The van der Waals surface area contributed by atoms with E-state index in [4.69, 9.17) is 15.5 Å². The average molecular weight is 488 g/mol. The maximum absolute atomic E-state index is 13.9. The van der Waals surface area contributed by atoms with E-state index in [1.165, 1.54) is 6.07 Å². The number of imidazole rings is 1. The molecule has 4 aromatic rings. The number of nitrogens with two attached hydrogens (primary N) is 1. The largest absolute Gasteiger partial charge is 0.454 e. The van der Waals surface area contributed by atoms with Crippen molar-refractivity contribution in [1.82, 2.24) is 19.5 Å². The second kappa shape index (κ2) is 9.33. The normalized spacial score (nSPS) is 14.2. The van der Waals surface area contributed by atoms with Crippen molar-refractivity contribution in [2.24, 2.45) is 5.73 Å². The number of carbonyl (C=O) groups excluding carboxylic acids is 2. The number of halogens is 1. The zero-order valence-corrected chi connectivity index (χ0v) is 19.8. The molecule has 9 heteroatoms. The number of hydrogen-bond donors (Lipinski definition) is 2. The van der Waals surface area contributed by atoms with E-state index in [2.05, 4.69) is 11.7 Å². The Bertz CT molecular complexity index is 1460. The van der Waals surface area contributed by atoms with Crippen LogP contribution in [-0.2, 0) is 4.79 Å².